The SMILES string of the molecule is CC(C)(C)C1=NC2CCC(C(=O)O)CC2S1. The summed E-state index contributed by atoms with van der Waals surface area (Å²) in [6.45, 7) is 6.51. The summed E-state index contributed by atoms with van der Waals surface area (Å²) in [5, 5.41) is 10.6. The first-order valence-electron chi connectivity index (χ1n) is 5.85. The van der Waals surface area contributed by atoms with Crippen molar-refractivity contribution in [2.24, 2.45) is 16.3 Å². The highest BCUT2D eigenvalue weighted by atomic mass is 32.2. The van der Waals surface area contributed by atoms with Gasteiger partial charge in [0, 0.05) is 10.7 Å². The zero-order chi connectivity index (χ0) is 11.9. The molecule has 0 amide bonds. The highest BCUT2D eigenvalue weighted by Crippen LogP contribution is 2.43. The van der Waals surface area contributed by atoms with Crippen LogP contribution >= 0.6 is 11.8 Å². The summed E-state index contributed by atoms with van der Waals surface area (Å²) in [4.78, 5) is 15.7. The van der Waals surface area contributed by atoms with Gasteiger partial charge in [-0.2, -0.15) is 0 Å². The zero-order valence-electron chi connectivity index (χ0n) is 10.1. The molecule has 0 spiro atoms. The predicted molar refractivity (Wildman–Crippen MR) is 67.0 cm³/mol. The van der Waals surface area contributed by atoms with Gasteiger partial charge in [-0.05, 0) is 19.3 Å². The van der Waals surface area contributed by atoms with Gasteiger partial charge in [-0.1, -0.05) is 20.8 Å². The number of aliphatic carboxylic acids is 1. The average Bonchev–Trinajstić information content (AvgIpc) is 2.58. The number of hydrogen-bond donors (Lipinski definition) is 1. The second-order valence-electron chi connectivity index (χ2n) is 5.76. The highest BCUT2D eigenvalue weighted by molar-refractivity contribution is 8.14. The van der Waals surface area contributed by atoms with Crippen LogP contribution in [0.2, 0.25) is 0 Å². The van der Waals surface area contributed by atoms with Crippen molar-refractivity contribution in [1.29, 1.82) is 0 Å². The normalized spacial score (nSPS) is 34.4. The summed E-state index contributed by atoms with van der Waals surface area (Å²) in [6.07, 6.45) is 2.51. The molecule has 3 atom stereocenters. The Bertz CT molecular complexity index is 332. The molecule has 0 bridgehead atoms. The Balaban J connectivity index is 2.05. The molecule has 1 saturated carbocycles. The Morgan fingerprint density at radius 1 is 1.44 bits per heavy atom. The third kappa shape index (κ3) is 2.26. The number of nitrogens with zero attached hydrogens (tertiary/aromatic N) is 1. The van der Waals surface area contributed by atoms with E-state index < -0.39 is 5.97 Å². The summed E-state index contributed by atoms with van der Waals surface area (Å²) in [7, 11) is 0. The van der Waals surface area contributed by atoms with Gasteiger partial charge in [0.1, 0.15) is 0 Å². The van der Waals surface area contributed by atoms with Crippen molar-refractivity contribution in [3.8, 4) is 0 Å². The number of thioether (sulfide) groups is 1. The molecule has 90 valence electrons. The van der Waals surface area contributed by atoms with Crippen LogP contribution in [0.5, 0.6) is 0 Å². The first-order valence-corrected chi connectivity index (χ1v) is 6.73. The molecule has 0 radical (unpaired) electrons. The summed E-state index contributed by atoms with van der Waals surface area (Å²) in [6, 6.07) is 0.370. The van der Waals surface area contributed by atoms with E-state index in [2.05, 4.69) is 20.8 Å². The third-order valence-electron chi connectivity index (χ3n) is 3.29. The van der Waals surface area contributed by atoms with Crippen LogP contribution in [0, 0.1) is 11.3 Å². The predicted octanol–water partition coefficient (Wildman–Crippen LogP) is 2.80. The lowest BCUT2D eigenvalue weighted by Crippen LogP contribution is -2.31. The number of aliphatic imine (C=N–C) groups is 1. The molecule has 1 fully saturated rings. The summed E-state index contributed by atoms with van der Waals surface area (Å²) in [5.41, 5.74) is 0.112. The second kappa shape index (κ2) is 4.06. The van der Waals surface area contributed by atoms with Gasteiger partial charge >= 0.3 is 5.97 Å². The van der Waals surface area contributed by atoms with Crippen molar-refractivity contribution in [2.45, 2.75) is 51.3 Å². The molecule has 3 nitrogen and oxygen atoms in total. The van der Waals surface area contributed by atoms with Crippen molar-refractivity contribution in [2.75, 3.05) is 0 Å². The van der Waals surface area contributed by atoms with E-state index in [0.717, 1.165) is 19.3 Å². The van der Waals surface area contributed by atoms with Crippen LogP contribution in [0.15, 0.2) is 4.99 Å². The van der Waals surface area contributed by atoms with Crippen molar-refractivity contribution in [3.05, 3.63) is 0 Å². The molecule has 1 aliphatic carbocycles. The summed E-state index contributed by atoms with van der Waals surface area (Å²) < 4.78 is 0. The molecule has 1 heterocycles. The van der Waals surface area contributed by atoms with E-state index in [-0.39, 0.29) is 11.3 Å². The number of carboxylic acid groups (broad SMARTS) is 1. The largest absolute Gasteiger partial charge is 0.481 e. The van der Waals surface area contributed by atoms with Crippen LogP contribution in [0.25, 0.3) is 0 Å². The monoisotopic (exact) mass is 241 g/mol. The lowest BCUT2D eigenvalue weighted by Gasteiger charge is -2.27. The first-order chi connectivity index (χ1) is 7.38. The lowest BCUT2D eigenvalue weighted by molar-refractivity contribution is -0.142. The second-order valence-corrected chi connectivity index (χ2v) is 6.98. The first kappa shape index (κ1) is 12.0. The fourth-order valence-electron chi connectivity index (χ4n) is 2.31. The van der Waals surface area contributed by atoms with Gasteiger partial charge in [-0.25, -0.2) is 0 Å². The minimum absolute atomic E-state index is 0.112. The molecule has 0 aromatic carbocycles. The Kier molecular flexibility index (Phi) is 3.03. The fourth-order valence-corrected chi connectivity index (χ4v) is 3.83. The zero-order valence-corrected chi connectivity index (χ0v) is 10.9. The van der Waals surface area contributed by atoms with Gasteiger partial charge in [0.15, 0.2) is 0 Å². The number of fused-ring (bicyclic) bond motifs is 1. The van der Waals surface area contributed by atoms with E-state index in [1.807, 2.05) is 11.8 Å². The number of carboxylic acids is 1. The third-order valence-corrected chi connectivity index (χ3v) is 5.04. The summed E-state index contributed by atoms with van der Waals surface area (Å²) >= 11 is 1.81. The molecule has 0 saturated heterocycles. The maximum absolute atomic E-state index is 11.0. The minimum Gasteiger partial charge on any atom is -0.481 e. The maximum atomic E-state index is 11.0. The number of carbonyl (C=O) groups is 1. The van der Waals surface area contributed by atoms with E-state index in [9.17, 15) is 4.79 Å². The van der Waals surface area contributed by atoms with E-state index in [1.54, 1.807) is 0 Å². The molecule has 3 unspecified atom stereocenters. The van der Waals surface area contributed by atoms with Crippen LogP contribution in [0.1, 0.15) is 40.0 Å². The van der Waals surface area contributed by atoms with Gasteiger partial charge in [0.2, 0.25) is 0 Å². The van der Waals surface area contributed by atoms with Gasteiger partial charge in [-0.3, -0.25) is 9.79 Å². The van der Waals surface area contributed by atoms with Crippen LogP contribution in [-0.2, 0) is 4.79 Å². The Hall–Kier alpha value is -0.510. The fraction of sp³-hybridized carbons (Fsp3) is 0.833. The average molecular weight is 241 g/mol. The highest BCUT2D eigenvalue weighted by Gasteiger charge is 2.40. The van der Waals surface area contributed by atoms with E-state index in [4.69, 9.17) is 10.1 Å². The molecule has 0 aromatic rings. The van der Waals surface area contributed by atoms with Crippen LogP contribution in [0.4, 0.5) is 0 Å². The smallest absolute Gasteiger partial charge is 0.306 e. The molecule has 2 aliphatic rings. The molecule has 2 rings (SSSR count). The molecule has 1 aliphatic heterocycles. The van der Waals surface area contributed by atoms with Crippen molar-refractivity contribution < 1.29 is 9.90 Å². The number of rotatable bonds is 1. The standard InChI is InChI=1S/C12H19NO2S/c1-12(2,3)11-13-8-5-4-7(10(14)15)6-9(8)16-11/h7-9H,4-6H2,1-3H3,(H,14,15). The van der Waals surface area contributed by atoms with E-state index >= 15 is 0 Å². The van der Waals surface area contributed by atoms with Crippen molar-refractivity contribution in [3.63, 3.8) is 0 Å². The van der Waals surface area contributed by atoms with Crippen molar-refractivity contribution in [1.82, 2.24) is 0 Å². The van der Waals surface area contributed by atoms with E-state index in [1.165, 1.54) is 5.04 Å². The minimum atomic E-state index is -0.636. The van der Waals surface area contributed by atoms with Gasteiger partial charge in [0.25, 0.3) is 0 Å². The number of hydrogen-bond acceptors (Lipinski definition) is 3. The van der Waals surface area contributed by atoms with Gasteiger partial charge in [-0.15, -0.1) is 11.8 Å². The summed E-state index contributed by atoms with van der Waals surface area (Å²) in [5.74, 6) is -0.786. The molecular formula is C12H19NO2S. The molecule has 0 aromatic heterocycles. The molecule has 4 heteroatoms. The lowest BCUT2D eigenvalue weighted by atomic mass is 9.86. The van der Waals surface area contributed by atoms with E-state index in [0.29, 0.717) is 11.3 Å². The van der Waals surface area contributed by atoms with Gasteiger partial charge < -0.3 is 5.11 Å². The van der Waals surface area contributed by atoms with Crippen molar-refractivity contribution >= 4 is 22.8 Å². The quantitative estimate of drug-likeness (QED) is 0.768. The van der Waals surface area contributed by atoms with Crippen LogP contribution in [-0.4, -0.2) is 27.4 Å². The van der Waals surface area contributed by atoms with Crippen LogP contribution in [0.3, 0.4) is 0 Å². The molecule has 1 N–H and O–H groups in total. The molecular weight excluding hydrogens is 222 g/mol. The maximum Gasteiger partial charge on any atom is 0.306 e. The Labute approximate surface area is 101 Å². The Morgan fingerprint density at radius 3 is 2.69 bits per heavy atom. The van der Waals surface area contributed by atoms with Gasteiger partial charge in [0.05, 0.1) is 17.0 Å². The Morgan fingerprint density at radius 2 is 2.12 bits per heavy atom. The molecule has 16 heavy (non-hydrogen) atoms. The van der Waals surface area contributed by atoms with Crippen LogP contribution < -0.4 is 0 Å². The topological polar surface area (TPSA) is 49.7 Å².